The molecule has 0 spiro atoms. The number of aryl methyl sites for hydroxylation is 1. The van der Waals surface area contributed by atoms with Gasteiger partial charge in [0, 0.05) is 22.0 Å². The number of anilines is 1. The van der Waals surface area contributed by atoms with Gasteiger partial charge in [0.1, 0.15) is 11.3 Å². The number of thioether (sulfide) groups is 1. The molecule has 5 aromatic rings. The molecule has 2 aromatic carbocycles. The molecule has 1 atom stereocenters. The average molecular weight is 677 g/mol. The first kappa shape index (κ1) is 29.0. The Balaban J connectivity index is 1.44. The number of carbonyl (C=O) groups is 2. The summed E-state index contributed by atoms with van der Waals surface area (Å²) in [5.41, 5.74) is 2.51. The number of aliphatic hydroxyl groups excluding tert-OH is 1. The molecule has 1 aliphatic rings. The van der Waals surface area contributed by atoms with Crippen molar-refractivity contribution in [2.45, 2.75) is 23.1 Å². The lowest BCUT2D eigenvalue weighted by Crippen LogP contribution is -2.29. The summed E-state index contributed by atoms with van der Waals surface area (Å²) in [5, 5.41) is 21.9. The maximum atomic E-state index is 13.6. The van der Waals surface area contributed by atoms with Crippen LogP contribution in [-0.4, -0.2) is 36.4 Å². The molecule has 0 radical (unpaired) electrons. The molecule has 1 fully saturated rings. The zero-order valence-corrected chi connectivity index (χ0v) is 26.0. The van der Waals surface area contributed by atoms with Gasteiger partial charge < -0.3 is 5.11 Å². The van der Waals surface area contributed by atoms with Gasteiger partial charge in [-0.1, -0.05) is 87.7 Å². The number of carbonyl (C=O) groups excluding carboxylic acids is 2. The summed E-state index contributed by atoms with van der Waals surface area (Å²) >= 11 is 27.3. The van der Waals surface area contributed by atoms with Gasteiger partial charge in [-0.3, -0.25) is 18.9 Å². The lowest BCUT2D eigenvalue weighted by Gasteiger charge is -2.22. The Morgan fingerprint density at radius 3 is 2.57 bits per heavy atom. The van der Waals surface area contributed by atoms with Crippen LogP contribution in [-0.2, 0) is 15.3 Å². The van der Waals surface area contributed by atoms with E-state index in [0.29, 0.717) is 47.8 Å². The minimum atomic E-state index is -1.06. The molecule has 42 heavy (non-hydrogen) atoms. The first-order valence-electron chi connectivity index (χ1n) is 12.2. The number of hydrogen-bond donors (Lipinski definition) is 1. The Hall–Kier alpha value is -3.12. The smallest absolute Gasteiger partial charge is 0.301 e. The van der Waals surface area contributed by atoms with Gasteiger partial charge in [0.05, 0.1) is 27.4 Å². The van der Waals surface area contributed by atoms with Crippen LogP contribution >= 0.6 is 69.5 Å². The SMILES string of the molecule is Cc1nc2ccccn2c1C(O)=C1C(=O)C(=O)N(c2nnc(SCc3ccc(Cl)cc3Cl)s2)C1c1ccc(Cl)c(Cl)c1. The van der Waals surface area contributed by atoms with E-state index in [1.165, 1.54) is 16.7 Å². The standard InChI is InChI=1S/C28H17Cl4N5O3S2/c1-13-22(36-9-3-2-4-20(36)33-13)24(38)21-23(14-6-8-17(30)19(32)10-14)37(26(40)25(21)39)27-34-35-28(42-27)41-12-15-5-7-16(29)11-18(15)31/h2-11,23,38H,12H2,1H3. The third-order valence-electron chi connectivity index (χ3n) is 6.60. The van der Waals surface area contributed by atoms with Crippen molar-refractivity contribution in [3.8, 4) is 0 Å². The van der Waals surface area contributed by atoms with Crippen LogP contribution in [0.3, 0.4) is 0 Å². The zero-order valence-electron chi connectivity index (χ0n) is 21.4. The van der Waals surface area contributed by atoms with Gasteiger partial charge in [0.25, 0.3) is 5.78 Å². The second kappa shape index (κ2) is 11.5. The number of fused-ring (bicyclic) bond motifs is 1. The van der Waals surface area contributed by atoms with Gasteiger partial charge in [0.2, 0.25) is 5.13 Å². The predicted octanol–water partition coefficient (Wildman–Crippen LogP) is 8.03. The molecule has 3 aromatic heterocycles. The highest BCUT2D eigenvalue weighted by Gasteiger charge is 2.49. The largest absolute Gasteiger partial charge is 0.505 e. The number of aromatic nitrogens is 4. The first-order valence-corrected chi connectivity index (χ1v) is 15.6. The lowest BCUT2D eigenvalue weighted by molar-refractivity contribution is -0.132. The van der Waals surface area contributed by atoms with Crippen LogP contribution in [0.2, 0.25) is 20.1 Å². The molecule has 0 bridgehead atoms. The number of nitrogens with zero attached hydrogens (tertiary/aromatic N) is 5. The van der Waals surface area contributed by atoms with Crippen molar-refractivity contribution in [2.24, 2.45) is 0 Å². The average Bonchev–Trinajstić information content (AvgIpc) is 3.63. The van der Waals surface area contributed by atoms with Gasteiger partial charge in [0.15, 0.2) is 10.1 Å². The van der Waals surface area contributed by atoms with Crippen LogP contribution < -0.4 is 4.90 Å². The summed E-state index contributed by atoms with van der Waals surface area (Å²) < 4.78 is 2.20. The molecule has 4 heterocycles. The number of ketones is 1. The van der Waals surface area contributed by atoms with Crippen molar-refractivity contribution in [1.29, 1.82) is 0 Å². The fourth-order valence-electron chi connectivity index (χ4n) is 4.69. The molecule has 8 nitrogen and oxygen atoms in total. The van der Waals surface area contributed by atoms with Gasteiger partial charge in [-0.05, 0) is 54.4 Å². The number of aliphatic hydroxyl groups is 1. The minimum absolute atomic E-state index is 0.135. The van der Waals surface area contributed by atoms with Crippen molar-refractivity contribution >= 4 is 97.7 Å². The third-order valence-corrected chi connectivity index (χ3v) is 10.0. The van der Waals surface area contributed by atoms with Crippen LogP contribution in [0, 0.1) is 6.92 Å². The number of benzene rings is 2. The highest BCUT2D eigenvalue weighted by molar-refractivity contribution is 8.00. The van der Waals surface area contributed by atoms with Gasteiger partial charge in [-0.25, -0.2) is 4.98 Å². The van der Waals surface area contributed by atoms with Crippen LogP contribution in [0.4, 0.5) is 5.13 Å². The Kier molecular flexibility index (Phi) is 7.95. The fraction of sp³-hybridized carbons (Fsp3) is 0.107. The number of halogens is 4. The van der Waals surface area contributed by atoms with Crippen molar-refractivity contribution in [3.63, 3.8) is 0 Å². The number of hydrogen-bond acceptors (Lipinski definition) is 8. The van der Waals surface area contributed by atoms with Crippen LogP contribution in [0.1, 0.15) is 28.6 Å². The summed E-state index contributed by atoms with van der Waals surface area (Å²) in [7, 11) is 0. The molecule has 0 saturated carbocycles. The highest BCUT2D eigenvalue weighted by Crippen LogP contribution is 2.45. The molecule has 1 saturated heterocycles. The van der Waals surface area contributed by atoms with Crippen molar-refractivity contribution < 1.29 is 14.7 Å². The van der Waals surface area contributed by atoms with Crippen molar-refractivity contribution in [2.75, 3.05) is 4.90 Å². The van der Waals surface area contributed by atoms with E-state index in [0.717, 1.165) is 16.9 Å². The van der Waals surface area contributed by atoms with E-state index in [1.807, 2.05) is 12.1 Å². The maximum absolute atomic E-state index is 13.6. The molecular formula is C28H17Cl4N5O3S2. The molecule has 0 aliphatic carbocycles. The Morgan fingerprint density at radius 2 is 1.81 bits per heavy atom. The molecule has 14 heteroatoms. The second-order valence-corrected chi connectivity index (χ2v) is 13.0. The Bertz CT molecular complexity index is 1940. The highest BCUT2D eigenvalue weighted by atomic mass is 35.5. The summed E-state index contributed by atoms with van der Waals surface area (Å²) in [5.74, 6) is -1.65. The Morgan fingerprint density at radius 1 is 1.00 bits per heavy atom. The first-order chi connectivity index (χ1) is 20.1. The number of Topliss-reactive ketones (excluding diaryl/α,β-unsaturated/α-hetero) is 1. The molecule has 1 aliphatic heterocycles. The number of pyridine rings is 1. The van der Waals surface area contributed by atoms with E-state index in [1.54, 1.807) is 60.0 Å². The Labute approximate surface area is 267 Å². The van der Waals surface area contributed by atoms with Gasteiger partial charge in [-0.15, -0.1) is 10.2 Å². The van der Waals surface area contributed by atoms with Crippen LogP contribution in [0.25, 0.3) is 11.4 Å². The predicted molar refractivity (Wildman–Crippen MR) is 167 cm³/mol. The quantitative estimate of drug-likeness (QED) is 0.0639. The molecule has 1 unspecified atom stereocenters. The van der Waals surface area contributed by atoms with E-state index in [9.17, 15) is 14.7 Å². The summed E-state index contributed by atoms with van der Waals surface area (Å²) in [6.07, 6.45) is 1.72. The van der Waals surface area contributed by atoms with E-state index in [4.69, 9.17) is 46.4 Å². The molecular weight excluding hydrogens is 660 g/mol. The summed E-state index contributed by atoms with van der Waals surface area (Å²) in [6, 6.07) is 14.3. The number of rotatable bonds is 6. The second-order valence-electron chi connectivity index (χ2n) is 9.19. The molecule has 6 rings (SSSR count). The normalized spacial score (nSPS) is 16.6. The third kappa shape index (κ3) is 5.16. The number of imidazole rings is 1. The van der Waals surface area contributed by atoms with Crippen molar-refractivity contribution in [1.82, 2.24) is 19.6 Å². The van der Waals surface area contributed by atoms with E-state index in [-0.39, 0.29) is 21.5 Å². The number of amides is 1. The van der Waals surface area contributed by atoms with Crippen LogP contribution in [0.5, 0.6) is 0 Å². The van der Waals surface area contributed by atoms with E-state index < -0.39 is 17.7 Å². The van der Waals surface area contributed by atoms with Crippen molar-refractivity contribution in [3.05, 3.63) is 109 Å². The topological polar surface area (TPSA) is 101 Å². The summed E-state index contributed by atoms with van der Waals surface area (Å²) in [4.78, 5) is 32.9. The zero-order chi connectivity index (χ0) is 29.7. The molecule has 212 valence electrons. The van der Waals surface area contributed by atoms with Gasteiger partial charge in [-0.2, -0.15) is 0 Å². The lowest BCUT2D eigenvalue weighted by atomic mass is 9.96. The van der Waals surface area contributed by atoms with E-state index in [2.05, 4.69) is 15.2 Å². The minimum Gasteiger partial charge on any atom is -0.505 e. The van der Waals surface area contributed by atoms with Gasteiger partial charge >= 0.3 is 5.91 Å². The van der Waals surface area contributed by atoms with E-state index >= 15 is 0 Å². The fourth-order valence-corrected chi connectivity index (χ4v) is 7.42. The molecule has 1 amide bonds. The summed E-state index contributed by atoms with van der Waals surface area (Å²) in [6.45, 7) is 1.72. The maximum Gasteiger partial charge on any atom is 0.301 e. The monoisotopic (exact) mass is 675 g/mol. The molecule has 1 N–H and O–H groups in total. The van der Waals surface area contributed by atoms with Crippen LogP contribution in [0.15, 0.2) is 70.7 Å².